The van der Waals surface area contributed by atoms with E-state index in [0.29, 0.717) is 0 Å². The van der Waals surface area contributed by atoms with Crippen molar-refractivity contribution in [2.45, 2.75) is 46.1 Å². The second-order valence-electron chi connectivity index (χ2n) is 5.80. The van der Waals surface area contributed by atoms with Crippen molar-refractivity contribution in [2.75, 3.05) is 13.2 Å². The van der Waals surface area contributed by atoms with Crippen molar-refractivity contribution >= 4 is 17.8 Å². The number of rotatable bonds is 5. The highest BCUT2D eigenvalue weighted by Gasteiger charge is 2.45. The van der Waals surface area contributed by atoms with Crippen LogP contribution in [0.4, 0.5) is 0 Å². The highest BCUT2D eigenvalue weighted by atomic mass is 16.5. The second kappa shape index (κ2) is 5.28. The predicted molar refractivity (Wildman–Crippen MR) is 69.0 cm³/mol. The molecule has 2 N–H and O–H groups in total. The van der Waals surface area contributed by atoms with Crippen molar-refractivity contribution in [1.82, 2.24) is 4.90 Å². The summed E-state index contributed by atoms with van der Waals surface area (Å²) in [4.78, 5) is 36.6. The second-order valence-corrected chi connectivity index (χ2v) is 5.80. The summed E-state index contributed by atoms with van der Waals surface area (Å²) in [5.74, 6) is -0.944. The molecule has 1 heterocycles. The van der Waals surface area contributed by atoms with Crippen molar-refractivity contribution in [3.05, 3.63) is 0 Å². The summed E-state index contributed by atoms with van der Waals surface area (Å²) >= 11 is 0. The van der Waals surface area contributed by atoms with E-state index in [0.717, 1.165) is 0 Å². The van der Waals surface area contributed by atoms with Crippen LogP contribution in [0.15, 0.2) is 0 Å². The number of ether oxygens (including phenoxy) is 1. The van der Waals surface area contributed by atoms with E-state index in [1.165, 1.54) is 4.90 Å². The summed E-state index contributed by atoms with van der Waals surface area (Å²) in [6.07, 6.45) is 0.395. The van der Waals surface area contributed by atoms with Gasteiger partial charge in [-0.05, 0) is 20.3 Å². The van der Waals surface area contributed by atoms with Gasteiger partial charge in [0.15, 0.2) is 0 Å². The highest BCUT2D eigenvalue weighted by molar-refractivity contribution is 6.05. The van der Waals surface area contributed by atoms with Gasteiger partial charge in [0.25, 0.3) is 0 Å². The third kappa shape index (κ3) is 3.32. The van der Waals surface area contributed by atoms with Crippen LogP contribution in [0, 0.1) is 5.41 Å². The zero-order valence-corrected chi connectivity index (χ0v) is 12.0. The third-order valence-corrected chi connectivity index (χ3v) is 3.31. The number of esters is 1. The van der Waals surface area contributed by atoms with Gasteiger partial charge in [-0.25, -0.2) is 0 Å². The number of hydrogen-bond donors (Lipinski definition) is 1. The van der Waals surface area contributed by atoms with Crippen LogP contribution in [-0.2, 0) is 19.1 Å². The Hall–Kier alpha value is -1.43. The van der Waals surface area contributed by atoms with Gasteiger partial charge in [-0.1, -0.05) is 13.8 Å². The van der Waals surface area contributed by atoms with Crippen LogP contribution in [0.25, 0.3) is 0 Å². The Morgan fingerprint density at radius 1 is 1.47 bits per heavy atom. The van der Waals surface area contributed by atoms with Gasteiger partial charge in [0.2, 0.25) is 11.8 Å². The Kier molecular flexibility index (Phi) is 4.35. The fourth-order valence-electron chi connectivity index (χ4n) is 2.00. The van der Waals surface area contributed by atoms with Crippen molar-refractivity contribution < 1.29 is 19.1 Å². The average Bonchev–Trinajstić information content (AvgIpc) is 2.46. The van der Waals surface area contributed by atoms with Crippen LogP contribution in [0.5, 0.6) is 0 Å². The fraction of sp³-hybridized carbons (Fsp3) is 0.769. The van der Waals surface area contributed by atoms with Crippen LogP contribution in [0.2, 0.25) is 0 Å². The molecule has 0 aromatic rings. The normalized spacial score (nSPS) is 21.4. The molecule has 0 spiro atoms. The fourth-order valence-corrected chi connectivity index (χ4v) is 2.00. The molecule has 19 heavy (non-hydrogen) atoms. The number of amides is 2. The summed E-state index contributed by atoms with van der Waals surface area (Å²) in [5, 5.41) is 0. The molecule has 0 aromatic carbocycles. The van der Waals surface area contributed by atoms with E-state index in [1.54, 1.807) is 27.7 Å². The first-order valence-corrected chi connectivity index (χ1v) is 6.43. The maximum Gasteiger partial charge on any atom is 0.325 e. The number of nitrogens with zero attached hydrogens (tertiary/aromatic N) is 1. The number of hydrogen-bond acceptors (Lipinski definition) is 5. The van der Waals surface area contributed by atoms with E-state index in [1.807, 2.05) is 0 Å². The summed E-state index contributed by atoms with van der Waals surface area (Å²) in [7, 11) is 0. The van der Waals surface area contributed by atoms with E-state index in [4.69, 9.17) is 10.5 Å². The van der Waals surface area contributed by atoms with Crippen LogP contribution >= 0.6 is 0 Å². The zero-order valence-electron chi connectivity index (χ0n) is 12.0. The molecule has 1 atom stereocenters. The molecule has 0 bridgehead atoms. The van der Waals surface area contributed by atoms with Crippen molar-refractivity contribution in [2.24, 2.45) is 11.1 Å². The molecule has 1 saturated heterocycles. The lowest BCUT2D eigenvalue weighted by molar-refractivity contribution is -0.150. The molecule has 1 rings (SSSR count). The summed E-state index contributed by atoms with van der Waals surface area (Å²) in [6, 6.07) is 0. The molecular formula is C13H22N2O4. The first-order valence-electron chi connectivity index (χ1n) is 6.43. The van der Waals surface area contributed by atoms with Crippen LogP contribution in [0.1, 0.15) is 40.5 Å². The summed E-state index contributed by atoms with van der Waals surface area (Å²) in [6.45, 7) is 7.11. The first-order chi connectivity index (χ1) is 8.62. The van der Waals surface area contributed by atoms with Gasteiger partial charge in [-0.15, -0.1) is 0 Å². The Morgan fingerprint density at radius 3 is 2.47 bits per heavy atom. The SMILES string of the molecule is CCOC(=O)C(C)(N)CCN1C(=O)CC(C)(C)C1=O. The van der Waals surface area contributed by atoms with Gasteiger partial charge < -0.3 is 10.5 Å². The molecule has 0 aromatic heterocycles. The number of carbonyl (C=O) groups excluding carboxylic acids is 3. The molecule has 0 saturated carbocycles. The Bertz CT molecular complexity index is 401. The van der Waals surface area contributed by atoms with Gasteiger partial charge in [0, 0.05) is 13.0 Å². The number of imide groups is 1. The topological polar surface area (TPSA) is 89.7 Å². The van der Waals surface area contributed by atoms with Gasteiger partial charge in [-0.2, -0.15) is 0 Å². The van der Waals surface area contributed by atoms with Crippen LogP contribution < -0.4 is 5.73 Å². The highest BCUT2D eigenvalue weighted by Crippen LogP contribution is 2.32. The summed E-state index contributed by atoms with van der Waals surface area (Å²) < 4.78 is 4.86. The van der Waals surface area contributed by atoms with E-state index >= 15 is 0 Å². The monoisotopic (exact) mass is 270 g/mol. The Labute approximate surface area is 113 Å². The van der Waals surface area contributed by atoms with Gasteiger partial charge in [0.05, 0.1) is 12.0 Å². The Morgan fingerprint density at radius 2 is 2.05 bits per heavy atom. The lowest BCUT2D eigenvalue weighted by Gasteiger charge is -2.25. The maximum atomic E-state index is 12.0. The first kappa shape index (κ1) is 15.6. The molecule has 2 amide bonds. The maximum absolute atomic E-state index is 12.0. The largest absolute Gasteiger partial charge is 0.465 e. The van der Waals surface area contributed by atoms with Crippen LogP contribution in [-0.4, -0.2) is 41.4 Å². The molecule has 1 fully saturated rings. The van der Waals surface area contributed by atoms with E-state index in [9.17, 15) is 14.4 Å². The van der Waals surface area contributed by atoms with E-state index in [2.05, 4.69) is 0 Å². The molecule has 1 unspecified atom stereocenters. The minimum atomic E-state index is -1.19. The predicted octanol–water partition coefficient (Wildman–Crippen LogP) is 0.442. The minimum absolute atomic E-state index is 0.146. The quantitative estimate of drug-likeness (QED) is 0.578. The number of carbonyl (C=O) groups is 3. The molecular weight excluding hydrogens is 248 g/mol. The molecule has 108 valence electrons. The molecule has 6 heteroatoms. The lowest BCUT2D eigenvalue weighted by atomic mass is 9.92. The van der Waals surface area contributed by atoms with E-state index < -0.39 is 16.9 Å². The molecule has 0 radical (unpaired) electrons. The third-order valence-electron chi connectivity index (χ3n) is 3.31. The molecule has 1 aliphatic heterocycles. The van der Waals surface area contributed by atoms with Crippen molar-refractivity contribution in [1.29, 1.82) is 0 Å². The minimum Gasteiger partial charge on any atom is -0.465 e. The van der Waals surface area contributed by atoms with Gasteiger partial charge >= 0.3 is 5.97 Å². The van der Waals surface area contributed by atoms with Gasteiger partial charge in [-0.3, -0.25) is 19.3 Å². The molecule has 6 nitrogen and oxygen atoms in total. The van der Waals surface area contributed by atoms with Gasteiger partial charge in [0.1, 0.15) is 5.54 Å². The van der Waals surface area contributed by atoms with Crippen LogP contribution in [0.3, 0.4) is 0 Å². The smallest absolute Gasteiger partial charge is 0.325 e. The zero-order chi connectivity index (χ0) is 14.8. The molecule has 0 aliphatic carbocycles. The van der Waals surface area contributed by atoms with E-state index in [-0.39, 0.29) is 37.8 Å². The molecule has 1 aliphatic rings. The standard InChI is InChI=1S/C13H22N2O4/c1-5-19-11(18)13(4,14)6-7-15-9(16)8-12(2,3)10(15)17/h5-8,14H2,1-4H3. The Balaban J connectivity index is 2.65. The summed E-state index contributed by atoms with van der Waals surface area (Å²) in [5.41, 5.74) is 4.01. The van der Waals surface area contributed by atoms with Crippen molar-refractivity contribution in [3.63, 3.8) is 0 Å². The van der Waals surface area contributed by atoms with Crippen molar-refractivity contribution in [3.8, 4) is 0 Å². The number of likely N-dealkylation sites (tertiary alicyclic amines) is 1. The number of nitrogens with two attached hydrogens (primary N) is 1. The lowest BCUT2D eigenvalue weighted by Crippen LogP contribution is -2.49. The average molecular weight is 270 g/mol.